The zero-order valence-corrected chi connectivity index (χ0v) is 9.36. The molecule has 0 saturated carbocycles. The van der Waals surface area contributed by atoms with Gasteiger partial charge in [-0.3, -0.25) is 4.79 Å². The van der Waals surface area contributed by atoms with E-state index in [0.717, 1.165) is 4.47 Å². The van der Waals surface area contributed by atoms with Crippen molar-refractivity contribution in [2.75, 3.05) is 13.2 Å². The third kappa shape index (κ3) is 2.05. The number of aliphatic hydroxyl groups is 2. The summed E-state index contributed by atoms with van der Waals surface area (Å²) in [5.41, 5.74) is -1.21. The highest BCUT2D eigenvalue weighted by molar-refractivity contribution is 9.10. The summed E-state index contributed by atoms with van der Waals surface area (Å²) >= 11 is 3.22. The van der Waals surface area contributed by atoms with Crippen molar-refractivity contribution in [3.05, 3.63) is 33.2 Å². The van der Waals surface area contributed by atoms with Crippen molar-refractivity contribution in [1.82, 2.24) is 4.57 Å². The summed E-state index contributed by atoms with van der Waals surface area (Å²) in [6.07, 6.45) is 1.55. The number of aliphatic hydroxyl groups excluding tert-OH is 2. The van der Waals surface area contributed by atoms with Crippen molar-refractivity contribution in [2.45, 2.75) is 12.5 Å². The molecule has 2 N–H and O–H groups in total. The van der Waals surface area contributed by atoms with Crippen LogP contribution < -0.4 is 5.56 Å². The molecule has 0 spiro atoms. The summed E-state index contributed by atoms with van der Waals surface area (Å²) in [4.78, 5) is 11.5. The molecule has 0 aromatic carbocycles. The van der Waals surface area contributed by atoms with Crippen LogP contribution in [-0.4, -0.2) is 28.0 Å². The number of hydrogen-bond donors (Lipinski definition) is 2. The Kier molecular flexibility index (Phi) is 3.47. The summed E-state index contributed by atoms with van der Waals surface area (Å²) in [7, 11) is 0. The van der Waals surface area contributed by atoms with E-state index in [4.69, 9.17) is 10.2 Å². The van der Waals surface area contributed by atoms with Gasteiger partial charge in [-0.2, -0.15) is 0 Å². The van der Waals surface area contributed by atoms with Gasteiger partial charge in [0.05, 0.1) is 18.8 Å². The smallest absolute Gasteiger partial charge is 0.251 e. The van der Waals surface area contributed by atoms with Gasteiger partial charge in [-0.05, 0) is 28.9 Å². The minimum Gasteiger partial charge on any atom is -0.394 e. The largest absolute Gasteiger partial charge is 0.394 e. The second-order valence-electron chi connectivity index (χ2n) is 3.37. The third-order valence-corrected chi connectivity index (χ3v) is 2.61. The fourth-order valence-corrected chi connectivity index (χ4v) is 1.42. The molecule has 0 radical (unpaired) electrons. The molecule has 4 nitrogen and oxygen atoms in total. The first-order valence-electron chi connectivity index (χ1n) is 4.14. The van der Waals surface area contributed by atoms with Gasteiger partial charge in [-0.15, -0.1) is 0 Å². The third-order valence-electron chi connectivity index (χ3n) is 2.14. The molecule has 0 fully saturated rings. The number of pyridine rings is 1. The fraction of sp³-hybridized carbons (Fsp3) is 0.444. The number of aromatic nitrogens is 1. The SMILES string of the molecule is CC(CO)(CO)n1cc(Br)ccc1=O. The highest BCUT2D eigenvalue weighted by Crippen LogP contribution is 2.14. The summed E-state index contributed by atoms with van der Waals surface area (Å²) < 4.78 is 2.04. The molecule has 78 valence electrons. The zero-order valence-electron chi connectivity index (χ0n) is 7.77. The number of rotatable bonds is 3. The van der Waals surface area contributed by atoms with Crippen LogP contribution in [0.2, 0.25) is 0 Å². The van der Waals surface area contributed by atoms with Crippen LogP contribution in [0.1, 0.15) is 6.92 Å². The Balaban J connectivity index is 3.29. The lowest BCUT2D eigenvalue weighted by atomic mass is 10.1. The standard InChI is InChI=1S/C9H12BrNO3/c1-9(5-12,6-13)11-4-7(10)2-3-8(11)14/h2-4,12-13H,5-6H2,1H3. The first kappa shape index (κ1) is 11.4. The predicted octanol–water partition coefficient (Wildman–Crippen LogP) is 0.311. The van der Waals surface area contributed by atoms with Gasteiger partial charge >= 0.3 is 0 Å². The Morgan fingerprint density at radius 1 is 1.43 bits per heavy atom. The van der Waals surface area contributed by atoms with E-state index in [1.807, 2.05) is 0 Å². The lowest BCUT2D eigenvalue weighted by Gasteiger charge is -2.27. The number of halogens is 1. The average molecular weight is 262 g/mol. The molecule has 5 heteroatoms. The molecule has 0 aliphatic rings. The van der Waals surface area contributed by atoms with Crippen molar-refractivity contribution in [2.24, 2.45) is 0 Å². The lowest BCUT2D eigenvalue weighted by molar-refractivity contribution is 0.0749. The minimum atomic E-state index is -0.957. The quantitative estimate of drug-likeness (QED) is 0.824. The van der Waals surface area contributed by atoms with Crippen LogP contribution in [0.3, 0.4) is 0 Å². The maximum atomic E-state index is 11.5. The van der Waals surface area contributed by atoms with Crippen molar-refractivity contribution >= 4 is 15.9 Å². The van der Waals surface area contributed by atoms with E-state index in [0.29, 0.717) is 0 Å². The topological polar surface area (TPSA) is 62.5 Å². The van der Waals surface area contributed by atoms with Crippen molar-refractivity contribution in [1.29, 1.82) is 0 Å². The highest BCUT2D eigenvalue weighted by atomic mass is 79.9. The molecule has 1 aromatic rings. The molecule has 0 aliphatic carbocycles. The van der Waals surface area contributed by atoms with Crippen LogP contribution in [0, 0.1) is 0 Å². The average Bonchev–Trinajstić information content (AvgIpc) is 2.20. The Morgan fingerprint density at radius 3 is 2.50 bits per heavy atom. The Morgan fingerprint density at radius 2 is 2.00 bits per heavy atom. The van der Waals surface area contributed by atoms with E-state index in [1.54, 1.807) is 19.2 Å². The molecule has 14 heavy (non-hydrogen) atoms. The minimum absolute atomic E-state index is 0.251. The lowest BCUT2D eigenvalue weighted by Crippen LogP contribution is -2.44. The van der Waals surface area contributed by atoms with E-state index in [-0.39, 0.29) is 18.8 Å². The summed E-state index contributed by atoms with van der Waals surface area (Å²) in [5, 5.41) is 18.2. The fourth-order valence-electron chi connectivity index (χ4n) is 1.09. The molecule has 0 unspecified atom stereocenters. The highest BCUT2D eigenvalue weighted by Gasteiger charge is 2.25. The molecule has 0 amide bonds. The van der Waals surface area contributed by atoms with Gasteiger partial charge in [0.25, 0.3) is 5.56 Å². The van der Waals surface area contributed by atoms with Gasteiger partial charge in [0.15, 0.2) is 0 Å². The molecule has 0 bridgehead atoms. The van der Waals surface area contributed by atoms with Crippen LogP contribution in [0.4, 0.5) is 0 Å². The molecule has 1 aromatic heterocycles. The molecule has 0 aliphatic heterocycles. The summed E-state index contributed by atoms with van der Waals surface area (Å²) in [6, 6.07) is 3.00. The maximum Gasteiger partial charge on any atom is 0.251 e. The van der Waals surface area contributed by atoms with Crippen LogP contribution in [0.15, 0.2) is 27.6 Å². The Bertz CT molecular complexity index is 371. The van der Waals surface area contributed by atoms with Gasteiger partial charge in [-0.25, -0.2) is 0 Å². The van der Waals surface area contributed by atoms with Crippen molar-refractivity contribution < 1.29 is 10.2 Å². The van der Waals surface area contributed by atoms with Gasteiger partial charge in [0, 0.05) is 16.7 Å². The predicted molar refractivity (Wildman–Crippen MR) is 56.2 cm³/mol. The monoisotopic (exact) mass is 261 g/mol. The number of hydrogen-bond acceptors (Lipinski definition) is 3. The maximum absolute atomic E-state index is 11.5. The second kappa shape index (κ2) is 4.25. The van der Waals surface area contributed by atoms with Crippen LogP contribution >= 0.6 is 15.9 Å². The van der Waals surface area contributed by atoms with Crippen molar-refractivity contribution in [3.8, 4) is 0 Å². The molecular formula is C9H12BrNO3. The van der Waals surface area contributed by atoms with E-state index in [9.17, 15) is 4.79 Å². The normalized spacial score (nSPS) is 11.7. The van der Waals surface area contributed by atoms with Crippen LogP contribution in [0.25, 0.3) is 0 Å². The molecule has 1 heterocycles. The Hall–Kier alpha value is -0.650. The van der Waals surface area contributed by atoms with E-state index >= 15 is 0 Å². The van der Waals surface area contributed by atoms with E-state index in [1.165, 1.54) is 10.6 Å². The van der Waals surface area contributed by atoms with Gasteiger partial charge in [-0.1, -0.05) is 0 Å². The Labute approximate surface area is 89.9 Å². The van der Waals surface area contributed by atoms with Gasteiger partial charge in [0.1, 0.15) is 0 Å². The van der Waals surface area contributed by atoms with E-state index < -0.39 is 5.54 Å². The molecule has 1 rings (SSSR count). The molecule has 0 saturated heterocycles. The first-order chi connectivity index (χ1) is 6.53. The van der Waals surface area contributed by atoms with Crippen molar-refractivity contribution in [3.63, 3.8) is 0 Å². The zero-order chi connectivity index (χ0) is 10.8. The second-order valence-corrected chi connectivity index (χ2v) is 4.28. The summed E-state index contributed by atoms with van der Waals surface area (Å²) in [5.74, 6) is 0. The van der Waals surface area contributed by atoms with Gasteiger partial charge < -0.3 is 14.8 Å². The molecule has 0 atom stereocenters. The van der Waals surface area contributed by atoms with Crippen LogP contribution in [0.5, 0.6) is 0 Å². The number of nitrogens with zero attached hydrogens (tertiary/aromatic N) is 1. The van der Waals surface area contributed by atoms with Gasteiger partial charge in [0.2, 0.25) is 0 Å². The van der Waals surface area contributed by atoms with E-state index in [2.05, 4.69) is 15.9 Å². The summed E-state index contributed by atoms with van der Waals surface area (Å²) in [6.45, 7) is 1.03. The van der Waals surface area contributed by atoms with Crippen LogP contribution in [-0.2, 0) is 5.54 Å². The molecular weight excluding hydrogens is 250 g/mol. The first-order valence-corrected chi connectivity index (χ1v) is 4.93.